The van der Waals surface area contributed by atoms with Crippen LogP contribution in [0.1, 0.15) is 11.1 Å². The Kier molecular flexibility index (Phi) is 3.04. The number of benzene rings is 1. The Balaban J connectivity index is 3.07. The van der Waals surface area contributed by atoms with Crippen molar-refractivity contribution >= 4 is 17.3 Å². The van der Waals surface area contributed by atoms with Crippen LogP contribution in [0.15, 0.2) is 6.07 Å². The summed E-state index contributed by atoms with van der Waals surface area (Å²) >= 11 is 0. The van der Waals surface area contributed by atoms with Crippen molar-refractivity contribution in [2.75, 3.05) is 18.1 Å². The van der Waals surface area contributed by atoms with Crippen LogP contribution in [-0.4, -0.2) is 12.5 Å². The van der Waals surface area contributed by atoms with Crippen molar-refractivity contribution in [1.29, 1.82) is 0 Å². The van der Waals surface area contributed by atoms with Crippen LogP contribution in [0.25, 0.3) is 0 Å². The molecule has 6 N–H and O–H groups in total. The first-order chi connectivity index (χ1) is 6.93. The van der Waals surface area contributed by atoms with E-state index >= 15 is 0 Å². The van der Waals surface area contributed by atoms with Crippen LogP contribution in [0.3, 0.4) is 0 Å². The van der Waals surface area contributed by atoms with Gasteiger partial charge in [-0.3, -0.25) is 4.79 Å². The van der Waals surface area contributed by atoms with Crippen molar-refractivity contribution in [3.05, 3.63) is 17.2 Å². The zero-order valence-corrected chi connectivity index (χ0v) is 8.83. The molecule has 0 atom stereocenters. The minimum atomic E-state index is -0.524. The molecule has 0 aliphatic heterocycles. The number of carbonyl (C=O) groups is 1. The maximum atomic E-state index is 10.6. The summed E-state index contributed by atoms with van der Waals surface area (Å²) in [7, 11) is 0. The topological polar surface area (TPSA) is 104 Å². The van der Waals surface area contributed by atoms with E-state index in [2.05, 4.69) is 0 Å². The normalized spacial score (nSPS) is 10.0. The van der Waals surface area contributed by atoms with E-state index in [1.54, 1.807) is 13.0 Å². The van der Waals surface area contributed by atoms with E-state index in [-0.39, 0.29) is 6.61 Å². The average molecular weight is 209 g/mol. The summed E-state index contributed by atoms with van der Waals surface area (Å²) < 4.78 is 5.25. The van der Waals surface area contributed by atoms with Crippen LogP contribution in [0.5, 0.6) is 5.75 Å². The van der Waals surface area contributed by atoms with Crippen LogP contribution in [0.2, 0.25) is 0 Å². The van der Waals surface area contributed by atoms with Crippen molar-refractivity contribution in [2.24, 2.45) is 5.73 Å². The Morgan fingerprint density at radius 2 is 2.00 bits per heavy atom. The van der Waals surface area contributed by atoms with Gasteiger partial charge in [0.05, 0.1) is 11.4 Å². The van der Waals surface area contributed by atoms with Gasteiger partial charge in [-0.1, -0.05) is 0 Å². The van der Waals surface area contributed by atoms with Crippen LogP contribution in [-0.2, 0) is 4.79 Å². The molecule has 0 spiro atoms. The molecule has 0 bridgehead atoms. The largest absolute Gasteiger partial charge is 0.483 e. The van der Waals surface area contributed by atoms with Gasteiger partial charge in [0.25, 0.3) is 5.91 Å². The number of anilines is 2. The SMILES string of the molecule is Cc1cc(N)c(N)c(C)c1OCC(N)=O. The maximum absolute atomic E-state index is 10.6. The zero-order chi connectivity index (χ0) is 11.6. The molecule has 1 rings (SSSR count). The number of amides is 1. The second-order valence-corrected chi connectivity index (χ2v) is 3.41. The van der Waals surface area contributed by atoms with Gasteiger partial charge in [0.2, 0.25) is 0 Å². The smallest absolute Gasteiger partial charge is 0.255 e. The zero-order valence-electron chi connectivity index (χ0n) is 8.83. The molecule has 0 heterocycles. The van der Waals surface area contributed by atoms with Gasteiger partial charge in [-0.05, 0) is 25.5 Å². The van der Waals surface area contributed by atoms with E-state index < -0.39 is 5.91 Å². The van der Waals surface area contributed by atoms with Gasteiger partial charge in [0.1, 0.15) is 5.75 Å². The predicted molar refractivity (Wildman–Crippen MR) is 59.4 cm³/mol. The quantitative estimate of drug-likeness (QED) is 0.624. The molecule has 0 fully saturated rings. The number of hydrogen-bond acceptors (Lipinski definition) is 4. The number of ether oxygens (including phenoxy) is 1. The summed E-state index contributed by atoms with van der Waals surface area (Å²) in [6, 6.07) is 1.71. The number of primary amides is 1. The van der Waals surface area contributed by atoms with E-state index in [1.165, 1.54) is 0 Å². The lowest BCUT2D eigenvalue weighted by molar-refractivity contribution is -0.119. The summed E-state index contributed by atoms with van der Waals surface area (Å²) in [5.74, 6) is 0.0460. The number of carbonyl (C=O) groups excluding carboxylic acids is 1. The summed E-state index contributed by atoms with van der Waals surface area (Å²) in [5.41, 5.74) is 18.9. The highest BCUT2D eigenvalue weighted by molar-refractivity contribution is 5.76. The van der Waals surface area contributed by atoms with Gasteiger partial charge in [-0.25, -0.2) is 0 Å². The molecule has 5 heteroatoms. The molecule has 0 saturated carbocycles. The van der Waals surface area contributed by atoms with Crippen molar-refractivity contribution in [2.45, 2.75) is 13.8 Å². The third kappa shape index (κ3) is 2.31. The molecule has 0 aromatic heterocycles. The third-order valence-corrected chi connectivity index (χ3v) is 2.14. The Labute approximate surface area is 88.2 Å². The molecule has 0 aliphatic rings. The van der Waals surface area contributed by atoms with E-state index in [1.807, 2.05) is 6.92 Å². The Morgan fingerprint density at radius 1 is 1.40 bits per heavy atom. The number of hydrogen-bond donors (Lipinski definition) is 3. The van der Waals surface area contributed by atoms with Gasteiger partial charge >= 0.3 is 0 Å². The van der Waals surface area contributed by atoms with Crippen LogP contribution in [0.4, 0.5) is 11.4 Å². The predicted octanol–water partition coefficient (Wildman–Crippen LogP) is 0.332. The fraction of sp³-hybridized carbons (Fsp3) is 0.300. The maximum Gasteiger partial charge on any atom is 0.255 e. The fourth-order valence-electron chi connectivity index (χ4n) is 1.38. The highest BCUT2D eigenvalue weighted by atomic mass is 16.5. The molecule has 0 unspecified atom stereocenters. The summed E-state index contributed by atoms with van der Waals surface area (Å²) in [4.78, 5) is 10.6. The van der Waals surface area contributed by atoms with Crippen LogP contribution < -0.4 is 21.9 Å². The number of aryl methyl sites for hydroxylation is 1. The molecular weight excluding hydrogens is 194 g/mol. The average Bonchev–Trinajstić information content (AvgIpc) is 2.14. The third-order valence-electron chi connectivity index (χ3n) is 2.14. The monoisotopic (exact) mass is 209 g/mol. The molecule has 0 aliphatic carbocycles. The van der Waals surface area contributed by atoms with E-state index in [9.17, 15) is 4.79 Å². The second-order valence-electron chi connectivity index (χ2n) is 3.41. The Bertz CT molecular complexity index is 402. The molecular formula is C10H15N3O2. The number of nitrogens with two attached hydrogens (primary N) is 3. The van der Waals surface area contributed by atoms with Crippen molar-refractivity contribution in [3.8, 4) is 5.75 Å². The van der Waals surface area contributed by atoms with Crippen LogP contribution in [0, 0.1) is 13.8 Å². The molecule has 1 amide bonds. The summed E-state index contributed by atoms with van der Waals surface area (Å²) in [6.07, 6.45) is 0. The Hall–Kier alpha value is -1.91. The van der Waals surface area contributed by atoms with Gasteiger partial charge < -0.3 is 21.9 Å². The van der Waals surface area contributed by atoms with Crippen molar-refractivity contribution in [1.82, 2.24) is 0 Å². The van der Waals surface area contributed by atoms with Gasteiger partial charge in [0.15, 0.2) is 6.61 Å². The first-order valence-corrected chi connectivity index (χ1v) is 4.49. The van der Waals surface area contributed by atoms with E-state index in [0.29, 0.717) is 17.1 Å². The van der Waals surface area contributed by atoms with Crippen molar-refractivity contribution in [3.63, 3.8) is 0 Å². The lowest BCUT2D eigenvalue weighted by Gasteiger charge is -2.14. The molecule has 82 valence electrons. The lowest BCUT2D eigenvalue weighted by Crippen LogP contribution is -2.20. The Morgan fingerprint density at radius 3 is 2.53 bits per heavy atom. The molecule has 1 aromatic carbocycles. The minimum absolute atomic E-state index is 0.162. The van der Waals surface area contributed by atoms with E-state index in [0.717, 1.165) is 11.1 Å². The number of nitrogen functional groups attached to an aromatic ring is 2. The molecule has 0 saturated heterocycles. The first-order valence-electron chi connectivity index (χ1n) is 4.49. The summed E-state index contributed by atoms with van der Waals surface area (Å²) in [6.45, 7) is 3.46. The fourth-order valence-corrected chi connectivity index (χ4v) is 1.38. The standard InChI is InChI=1S/C10H15N3O2/c1-5-3-7(11)9(13)6(2)10(5)15-4-8(12)14/h3H,4,11,13H2,1-2H3,(H2,12,14). The van der Waals surface area contributed by atoms with Gasteiger partial charge in [0, 0.05) is 5.56 Å². The van der Waals surface area contributed by atoms with Gasteiger partial charge in [-0.2, -0.15) is 0 Å². The molecule has 15 heavy (non-hydrogen) atoms. The van der Waals surface area contributed by atoms with Crippen LogP contribution >= 0.6 is 0 Å². The highest BCUT2D eigenvalue weighted by Crippen LogP contribution is 2.32. The summed E-state index contributed by atoms with van der Waals surface area (Å²) in [5, 5.41) is 0. The molecule has 0 radical (unpaired) electrons. The van der Waals surface area contributed by atoms with E-state index in [4.69, 9.17) is 21.9 Å². The van der Waals surface area contributed by atoms with Crippen molar-refractivity contribution < 1.29 is 9.53 Å². The minimum Gasteiger partial charge on any atom is -0.483 e. The highest BCUT2D eigenvalue weighted by Gasteiger charge is 2.11. The number of rotatable bonds is 3. The first kappa shape index (κ1) is 11.2. The second kappa shape index (κ2) is 4.08. The molecule has 1 aromatic rings. The van der Waals surface area contributed by atoms with Gasteiger partial charge in [-0.15, -0.1) is 0 Å². The lowest BCUT2D eigenvalue weighted by atomic mass is 10.1. The molecule has 5 nitrogen and oxygen atoms in total.